The van der Waals surface area contributed by atoms with Gasteiger partial charge in [0.2, 0.25) is 0 Å². The zero-order chi connectivity index (χ0) is 15.0. The molecule has 1 atom stereocenters. The number of nitrogens with zero attached hydrogens (tertiary/aromatic N) is 1. The van der Waals surface area contributed by atoms with Crippen LogP contribution in [0.4, 0.5) is 0 Å². The van der Waals surface area contributed by atoms with Crippen molar-refractivity contribution in [1.29, 1.82) is 0 Å². The van der Waals surface area contributed by atoms with E-state index >= 15 is 0 Å². The van der Waals surface area contributed by atoms with Crippen LogP contribution in [0.25, 0.3) is 0 Å². The quantitative estimate of drug-likeness (QED) is 0.945. The Morgan fingerprint density at radius 1 is 1.14 bits per heavy atom. The molecule has 3 heteroatoms. The zero-order valence-corrected chi connectivity index (χ0v) is 12.7. The number of hydrogen-bond donors (Lipinski definition) is 1. The van der Waals surface area contributed by atoms with Crippen molar-refractivity contribution in [2.24, 2.45) is 0 Å². The van der Waals surface area contributed by atoms with Crippen molar-refractivity contribution in [3.8, 4) is 5.75 Å². The molecule has 1 fully saturated rings. The average Bonchev–Trinajstić information content (AvgIpc) is 3.15. The van der Waals surface area contributed by atoms with E-state index in [1.807, 2.05) is 30.3 Å². The van der Waals surface area contributed by atoms with Crippen molar-refractivity contribution in [3.05, 3.63) is 65.2 Å². The van der Waals surface area contributed by atoms with E-state index in [4.69, 9.17) is 4.74 Å². The van der Waals surface area contributed by atoms with Gasteiger partial charge < -0.3 is 9.84 Å². The van der Waals surface area contributed by atoms with Crippen LogP contribution in [0.3, 0.4) is 0 Å². The molecule has 2 aliphatic rings. The number of aliphatic hydroxyl groups is 1. The van der Waals surface area contributed by atoms with Gasteiger partial charge in [0.1, 0.15) is 11.4 Å². The first-order valence-electron chi connectivity index (χ1n) is 7.98. The second-order valence-corrected chi connectivity index (χ2v) is 6.40. The molecule has 0 unspecified atom stereocenters. The van der Waals surface area contributed by atoms with Gasteiger partial charge in [-0.15, -0.1) is 0 Å². The van der Waals surface area contributed by atoms with Crippen LogP contribution in [0.15, 0.2) is 48.5 Å². The largest absolute Gasteiger partial charge is 0.493 e. The van der Waals surface area contributed by atoms with E-state index < -0.39 is 5.60 Å². The highest BCUT2D eigenvalue weighted by Gasteiger charge is 2.37. The maximum atomic E-state index is 10.9. The maximum Gasteiger partial charge on any atom is 0.122 e. The molecule has 0 amide bonds. The predicted molar refractivity (Wildman–Crippen MR) is 85.9 cm³/mol. The van der Waals surface area contributed by atoms with Gasteiger partial charge in [0.05, 0.1) is 6.61 Å². The fraction of sp³-hybridized carbons (Fsp3) is 0.368. The van der Waals surface area contributed by atoms with Crippen LogP contribution in [-0.2, 0) is 18.6 Å². The van der Waals surface area contributed by atoms with Crippen molar-refractivity contribution < 1.29 is 9.84 Å². The molecule has 0 bridgehead atoms. The summed E-state index contributed by atoms with van der Waals surface area (Å²) >= 11 is 0. The minimum Gasteiger partial charge on any atom is -0.493 e. The minimum atomic E-state index is -0.707. The van der Waals surface area contributed by atoms with Gasteiger partial charge in [0, 0.05) is 26.1 Å². The highest BCUT2D eigenvalue weighted by Crippen LogP contribution is 2.33. The summed E-state index contributed by atoms with van der Waals surface area (Å²) in [6.45, 7) is 3.32. The van der Waals surface area contributed by atoms with Gasteiger partial charge in [-0.2, -0.15) is 0 Å². The molecule has 0 saturated carbocycles. The molecule has 2 aliphatic heterocycles. The standard InChI is InChI=1S/C19H21NO2/c21-19(17-4-2-1-3-5-17)9-10-20(14-19)13-15-6-7-18-16(12-15)8-11-22-18/h1-7,12,21H,8-11,13-14H2/t19-/m0/s1. The number of likely N-dealkylation sites (tertiary alicyclic amines) is 1. The Hall–Kier alpha value is -1.84. The Labute approximate surface area is 131 Å². The molecule has 2 aromatic carbocycles. The first-order chi connectivity index (χ1) is 10.7. The number of β-amino-alcohol motifs (C(OH)–C–C–N with tert-alkyl or cyclic N) is 1. The van der Waals surface area contributed by atoms with Crippen molar-refractivity contribution >= 4 is 0 Å². The van der Waals surface area contributed by atoms with Crippen molar-refractivity contribution in [2.75, 3.05) is 19.7 Å². The Morgan fingerprint density at radius 2 is 2.00 bits per heavy atom. The predicted octanol–water partition coefficient (Wildman–Crippen LogP) is 2.72. The van der Waals surface area contributed by atoms with Crippen LogP contribution in [-0.4, -0.2) is 29.7 Å². The summed E-state index contributed by atoms with van der Waals surface area (Å²) in [5.41, 5.74) is 2.94. The van der Waals surface area contributed by atoms with E-state index in [9.17, 15) is 5.11 Å². The molecule has 2 aromatic rings. The van der Waals surface area contributed by atoms with Gasteiger partial charge in [-0.3, -0.25) is 4.90 Å². The number of rotatable bonds is 3. The summed E-state index contributed by atoms with van der Waals surface area (Å²) in [5, 5.41) is 10.9. The molecule has 1 saturated heterocycles. The number of fused-ring (bicyclic) bond motifs is 1. The van der Waals surface area contributed by atoms with E-state index in [1.54, 1.807) is 0 Å². The highest BCUT2D eigenvalue weighted by atomic mass is 16.5. The van der Waals surface area contributed by atoms with Gasteiger partial charge in [0.25, 0.3) is 0 Å². The molecule has 114 valence electrons. The average molecular weight is 295 g/mol. The summed E-state index contributed by atoms with van der Waals surface area (Å²) in [7, 11) is 0. The second-order valence-electron chi connectivity index (χ2n) is 6.40. The van der Waals surface area contributed by atoms with E-state index in [2.05, 4.69) is 23.1 Å². The van der Waals surface area contributed by atoms with Gasteiger partial charge in [0.15, 0.2) is 0 Å². The zero-order valence-electron chi connectivity index (χ0n) is 12.7. The van der Waals surface area contributed by atoms with Crippen molar-refractivity contribution in [2.45, 2.75) is 25.0 Å². The molecule has 1 N–H and O–H groups in total. The van der Waals surface area contributed by atoms with Crippen LogP contribution in [0.2, 0.25) is 0 Å². The van der Waals surface area contributed by atoms with Gasteiger partial charge >= 0.3 is 0 Å². The van der Waals surface area contributed by atoms with Crippen LogP contribution < -0.4 is 4.74 Å². The highest BCUT2D eigenvalue weighted by molar-refractivity contribution is 5.39. The monoisotopic (exact) mass is 295 g/mol. The lowest BCUT2D eigenvalue weighted by atomic mass is 9.93. The van der Waals surface area contributed by atoms with E-state index in [-0.39, 0.29) is 0 Å². The lowest BCUT2D eigenvalue weighted by Gasteiger charge is -2.24. The summed E-state index contributed by atoms with van der Waals surface area (Å²) in [6.07, 6.45) is 1.81. The van der Waals surface area contributed by atoms with E-state index in [0.717, 1.165) is 43.9 Å². The van der Waals surface area contributed by atoms with E-state index in [1.165, 1.54) is 11.1 Å². The Bertz CT molecular complexity index is 670. The summed E-state index contributed by atoms with van der Waals surface area (Å²) in [5.74, 6) is 1.03. The molecular weight excluding hydrogens is 274 g/mol. The molecule has 0 aliphatic carbocycles. The summed E-state index contributed by atoms with van der Waals surface area (Å²) < 4.78 is 5.56. The van der Waals surface area contributed by atoms with Crippen LogP contribution >= 0.6 is 0 Å². The third-order valence-electron chi connectivity index (χ3n) is 4.80. The van der Waals surface area contributed by atoms with Gasteiger partial charge in [-0.05, 0) is 29.2 Å². The number of hydrogen-bond acceptors (Lipinski definition) is 3. The van der Waals surface area contributed by atoms with Crippen LogP contribution in [0.5, 0.6) is 5.75 Å². The topological polar surface area (TPSA) is 32.7 Å². The molecule has 0 radical (unpaired) electrons. The molecule has 0 spiro atoms. The lowest BCUT2D eigenvalue weighted by molar-refractivity contribution is 0.0453. The smallest absolute Gasteiger partial charge is 0.122 e. The number of benzene rings is 2. The normalized spacial score (nSPS) is 24.2. The van der Waals surface area contributed by atoms with Gasteiger partial charge in [-0.25, -0.2) is 0 Å². The molecule has 22 heavy (non-hydrogen) atoms. The maximum absolute atomic E-state index is 10.9. The summed E-state index contributed by atoms with van der Waals surface area (Å²) in [4.78, 5) is 2.34. The van der Waals surface area contributed by atoms with Gasteiger partial charge in [-0.1, -0.05) is 42.5 Å². The Balaban J connectivity index is 1.47. The third kappa shape index (κ3) is 2.51. The molecule has 3 nitrogen and oxygen atoms in total. The number of ether oxygens (including phenoxy) is 1. The Kier molecular flexibility index (Phi) is 3.40. The van der Waals surface area contributed by atoms with Crippen molar-refractivity contribution in [1.82, 2.24) is 4.90 Å². The first kappa shape index (κ1) is 13.8. The van der Waals surface area contributed by atoms with Crippen molar-refractivity contribution in [3.63, 3.8) is 0 Å². The second kappa shape index (κ2) is 5.41. The minimum absolute atomic E-state index is 0.699. The van der Waals surface area contributed by atoms with Crippen LogP contribution in [0.1, 0.15) is 23.1 Å². The Morgan fingerprint density at radius 3 is 2.86 bits per heavy atom. The molecule has 0 aromatic heterocycles. The SMILES string of the molecule is O[C@@]1(c2ccccc2)CCN(Cc2ccc3c(c2)CCO3)C1. The third-order valence-corrected chi connectivity index (χ3v) is 4.80. The fourth-order valence-corrected chi connectivity index (χ4v) is 3.59. The molecule has 2 heterocycles. The lowest BCUT2D eigenvalue weighted by Crippen LogP contribution is -2.30. The van der Waals surface area contributed by atoms with Crippen LogP contribution in [0, 0.1) is 0 Å². The fourth-order valence-electron chi connectivity index (χ4n) is 3.59. The first-order valence-corrected chi connectivity index (χ1v) is 7.98. The van der Waals surface area contributed by atoms with E-state index in [0.29, 0.717) is 6.54 Å². The summed E-state index contributed by atoms with van der Waals surface area (Å²) in [6, 6.07) is 16.5. The molecular formula is C19H21NO2. The molecule has 4 rings (SSSR count).